The molecule has 2 aromatic heterocycles. The largest absolute Gasteiger partial charge is 0.472 e. The lowest BCUT2D eigenvalue weighted by Gasteiger charge is -2.12. The van der Waals surface area contributed by atoms with Crippen LogP contribution < -0.4 is 11.1 Å². The number of pyridine rings is 1. The summed E-state index contributed by atoms with van der Waals surface area (Å²) in [6, 6.07) is 7.50. The molecular formula is C19H19FIN5O2. The third-order valence-corrected chi connectivity index (χ3v) is 3.89. The maximum absolute atomic E-state index is 14.2. The molecule has 0 spiro atoms. The SMILES string of the molecule is Cc1cc(C#N)cnc1C(=O)Nc1cc(F)c(N)c(C(=N)c2ccoc2)c1.I.[HH].[HH]. The molecule has 0 aliphatic rings. The Hall–Kier alpha value is -3.26. The fraction of sp³-hybridized carbons (Fsp3) is 0.0526. The Kier molecular flexibility index (Phi) is 6.48. The average molecular weight is 495 g/mol. The van der Waals surface area contributed by atoms with Crippen molar-refractivity contribution in [2.24, 2.45) is 0 Å². The van der Waals surface area contributed by atoms with Crippen molar-refractivity contribution >= 4 is 47.0 Å². The van der Waals surface area contributed by atoms with Gasteiger partial charge in [-0.3, -0.25) is 10.2 Å². The number of nitrogens with one attached hydrogen (secondary N) is 2. The number of hydrogen-bond donors (Lipinski definition) is 3. The minimum Gasteiger partial charge on any atom is -0.472 e. The third kappa shape index (κ3) is 4.17. The van der Waals surface area contributed by atoms with Gasteiger partial charge in [0.2, 0.25) is 0 Å². The first-order valence-corrected chi connectivity index (χ1v) is 7.79. The van der Waals surface area contributed by atoms with Gasteiger partial charge in [-0.2, -0.15) is 5.26 Å². The number of aromatic nitrogens is 1. The van der Waals surface area contributed by atoms with E-state index < -0.39 is 11.7 Å². The van der Waals surface area contributed by atoms with Crippen molar-refractivity contribution in [3.05, 3.63) is 76.8 Å². The molecule has 0 fully saturated rings. The number of amides is 1. The molecule has 3 aromatic rings. The highest BCUT2D eigenvalue weighted by molar-refractivity contribution is 14.0. The van der Waals surface area contributed by atoms with Gasteiger partial charge in [0, 0.05) is 25.9 Å². The second kappa shape index (κ2) is 8.62. The number of carbonyl (C=O) groups excluding carboxylic acids is 1. The summed E-state index contributed by atoms with van der Waals surface area (Å²) in [6.45, 7) is 1.65. The first kappa shape index (κ1) is 21.0. The Balaban J connectivity index is 0.00000280. The number of halogens is 2. The van der Waals surface area contributed by atoms with Crippen LogP contribution >= 0.6 is 24.0 Å². The van der Waals surface area contributed by atoms with Crippen LogP contribution in [0.2, 0.25) is 0 Å². The van der Waals surface area contributed by atoms with E-state index in [0.29, 0.717) is 16.7 Å². The summed E-state index contributed by atoms with van der Waals surface area (Å²) in [5.74, 6) is -1.33. The molecule has 0 bridgehead atoms. The molecule has 4 N–H and O–H groups in total. The Morgan fingerprint density at radius 2 is 2.18 bits per heavy atom. The van der Waals surface area contributed by atoms with Crippen LogP contribution in [0.4, 0.5) is 15.8 Å². The summed E-state index contributed by atoms with van der Waals surface area (Å²) in [7, 11) is 0. The van der Waals surface area contributed by atoms with Gasteiger partial charge < -0.3 is 15.5 Å². The normalized spacial score (nSPS) is 9.89. The van der Waals surface area contributed by atoms with Crippen LogP contribution in [0.5, 0.6) is 0 Å². The molecule has 0 radical (unpaired) electrons. The molecule has 1 aromatic carbocycles. The molecule has 0 aliphatic carbocycles. The lowest BCUT2D eigenvalue weighted by Crippen LogP contribution is -2.16. The smallest absolute Gasteiger partial charge is 0.274 e. The highest BCUT2D eigenvalue weighted by Gasteiger charge is 2.17. The fourth-order valence-corrected chi connectivity index (χ4v) is 2.52. The molecule has 7 nitrogen and oxygen atoms in total. The zero-order valence-corrected chi connectivity index (χ0v) is 16.9. The number of carbonyl (C=O) groups is 1. The summed E-state index contributed by atoms with van der Waals surface area (Å²) in [4.78, 5) is 16.4. The van der Waals surface area contributed by atoms with E-state index in [1.165, 1.54) is 30.9 Å². The molecular weight excluding hydrogens is 476 g/mol. The Labute approximate surface area is 179 Å². The number of nitrogens with two attached hydrogens (primary N) is 1. The van der Waals surface area contributed by atoms with E-state index in [4.69, 9.17) is 20.8 Å². The number of rotatable bonds is 4. The number of furan rings is 1. The standard InChI is InChI=1S/C19H14FN5O2.HI.2H2/c1-10-4-11(7-21)8-24-18(10)19(26)25-13-5-14(17(23)15(20)6-13)16(22)12-2-3-27-9-12;;;/h2-6,8-9,22H,23H2,1H3,(H,25,26);3*1H. The second-order valence-electron chi connectivity index (χ2n) is 5.76. The van der Waals surface area contributed by atoms with Gasteiger partial charge in [0.15, 0.2) is 0 Å². The molecule has 0 unspecified atom stereocenters. The van der Waals surface area contributed by atoms with Crippen molar-refractivity contribution in [2.45, 2.75) is 6.92 Å². The minimum atomic E-state index is -0.763. The fourth-order valence-electron chi connectivity index (χ4n) is 2.52. The van der Waals surface area contributed by atoms with Gasteiger partial charge in [0.1, 0.15) is 17.6 Å². The van der Waals surface area contributed by atoms with Crippen molar-refractivity contribution in [1.29, 1.82) is 10.7 Å². The molecule has 1 amide bonds. The first-order chi connectivity index (χ1) is 12.9. The van der Waals surface area contributed by atoms with Crippen LogP contribution in [0, 0.1) is 29.5 Å². The zero-order valence-electron chi connectivity index (χ0n) is 14.6. The van der Waals surface area contributed by atoms with Gasteiger partial charge in [-0.15, -0.1) is 24.0 Å². The van der Waals surface area contributed by atoms with Gasteiger partial charge >= 0.3 is 0 Å². The van der Waals surface area contributed by atoms with Gasteiger partial charge in [0.05, 0.1) is 29.5 Å². The number of benzene rings is 1. The van der Waals surface area contributed by atoms with Crippen LogP contribution in [-0.4, -0.2) is 16.6 Å². The number of nitrogens with zero attached hydrogens (tertiary/aromatic N) is 2. The maximum Gasteiger partial charge on any atom is 0.274 e. The lowest BCUT2D eigenvalue weighted by atomic mass is 10.0. The number of nitrogen functional groups attached to an aromatic ring is 1. The van der Waals surface area contributed by atoms with Crippen molar-refractivity contribution < 1.29 is 16.5 Å². The third-order valence-electron chi connectivity index (χ3n) is 3.89. The molecule has 9 heteroatoms. The van der Waals surface area contributed by atoms with Crippen molar-refractivity contribution in [3.63, 3.8) is 0 Å². The number of aryl methyl sites for hydroxylation is 1. The minimum absolute atomic E-state index is 0. The Morgan fingerprint density at radius 3 is 2.79 bits per heavy atom. The molecule has 0 saturated carbocycles. The topological polar surface area (TPSA) is 129 Å². The lowest BCUT2D eigenvalue weighted by molar-refractivity contribution is 0.102. The first-order valence-electron chi connectivity index (χ1n) is 7.79. The molecule has 28 heavy (non-hydrogen) atoms. The zero-order chi connectivity index (χ0) is 19.6. The average Bonchev–Trinajstić information content (AvgIpc) is 3.18. The maximum atomic E-state index is 14.2. The van der Waals surface area contributed by atoms with E-state index >= 15 is 0 Å². The molecule has 0 atom stereocenters. The van der Waals surface area contributed by atoms with E-state index in [2.05, 4.69) is 10.3 Å². The van der Waals surface area contributed by atoms with Gasteiger partial charge in [-0.1, -0.05) is 0 Å². The quantitative estimate of drug-likeness (QED) is 0.282. The van der Waals surface area contributed by atoms with Crippen LogP contribution in [-0.2, 0) is 0 Å². The highest BCUT2D eigenvalue weighted by atomic mass is 127. The van der Waals surface area contributed by atoms with E-state index in [-0.39, 0.29) is 55.2 Å². The summed E-state index contributed by atoms with van der Waals surface area (Å²) < 4.78 is 19.2. The van der Waals surface area contributed by atoms with Gasteiger partial charge in [-0.25, -0.2) is 9.37 Å². The van der Waals surface area contributed by atoms with Crippen molar-refractivity contribution in [2.75, 3.05) is 11.1 Å². The van der Waals surface area contributed by atoms with E-state index in [9.17, 15) is 9.18 Å². The van der Waals surface area contributed by atoms with Crippen molar-refractivity contribution in [1.82, 2.24) is 4.98 Å². The van der Waals surface area contributed by atoms with Gasteiger partial charge in [-0.05, 0) is 36.8 Å². The monoisotopic (exact) mass is 495 g/mol. The van der Waals surface area contributed by atoms with Crippen LogP contribution in [0.3, 0.4) is 0 Å². The number of hydrogen-bond acceptors (Lipinski definition) is 6. The number of nitriles is 1. The Bertz CT molecular complexity index is 1100. The van der Waals surface area contributed by atoms with E-state index in [1.807, 2.05) is 6.07 Å². The Morgan fingerprint density at radius 1 is 1.43 bits per heavy atom. The summed E-state index contributed by atoms with van der Waals surface area (Å²) in [5, 5.41) is 19.6. The van der Waals surface area contributed by atoms with Crippen LogP contribution in [0.15, 0.2) is 47.4 Å². The summed E-state index contributed by atoms with van der Waals surface area (Å²) in [5.41, 5.74) is 7.14. The predicted molar refractivity (Wildman–Crippen MR) is 117 cm³/mol. The molecule has 3 rings (SSSR count). The summed E-state index contributed by atoms with van der Waals surface area (Å²) >= 11 is 0. The molecule has 0 aliphatic heterocycles. The van der Waals surface area contributed by atoms with E-state index in [0.717, 1.165) is 6.07 Å². The number of anilines is 2. The van der Waals surface area contributed by atoms with E-state index in [1.54, 1.807) is 13.0 Å². The molecule has 146 valence electrons. The second-order valence-corrected chi connectivity index (χ2v) is 5.76. The van der Waals surface area contributed by atoms with Crippen LogP contribution in [0.1, 0.15) is 35.6 Å². The van der Waals surface area contributed by atoms with Gasteiger partial charge in [0.25, 0.3) is 5.91 Å². The van der Waals surface area contributed by atoms with Crippen LogP contribution in [0.25, 0.3) is 0 Å². The predicted octanol–water partition coefficient (Wildman–Crippen LogP) is 4.35. The van der Waals surface area contributed by atoms with Crippen molar-refractivity contribution in [3.8, 4) is 6.07 Å². The molecule has 2 heterocycles. The molecule has 0 saturated heterocycles. The highest BCUT2D eigenvalue weighted by Crippen LogP contribution is 2.25. The summed E-state index contributed by atoms with van der Waals surface area (Å²) in [6.07, 6.45) is 4.02.